The Morgan fingerprint density at radius 2 is 2.00 bits per heavy atom. The maximum Gasteiger partial charge on any atom is 0.323 e. The van der Waals surface area contributed by atoms with Crippen molar-refractivity contribution in [1.29, 1.82) is 0 Å². The third-order valence-corrected chi connectivity index (χ3v) is 3.22. The second-order valence-corrected chi connectivity index (χ2v) is 5.04. The maximum absolute atomic E-state index is 12.0. The average Bonchev–Trinajstić information content (AvgIpc) is 2.48. The Morgan fingerprint density at radius 1 is 1.18 bits per heavy atom. The van der Waals surface area contributed by atoms with E-state index in [2.05, 4.69) is 16.0 Å². The first-order valence-electron chi connectivity index (χ1n) is 6.51. The molecule has 6 nitrogen and oxygen atoms in total. The second kappa shape index (κ2) is 5.95. The number of carbonyl (C=O) groups is 2. The first-order chi connectivity index (χ1) is 10.6. The number of halogens is 1. The fourth-order valence-electron chi connectivity index (χ4n) is 2.05. The molecule has 1 aliphatic heterocycles. The van der Waals surface area contributed by atoms with Gasteiger partial charge in [-0.25, -0.2) is 4.79 Å². The van der Waals surface area contributed by atoms with Crippen molar-refractivity contribution in [3.63, 3.8) is 0 Å². The summed E-state index contributed by atoms with van der Waals surface area (Å²) in [6, 6.07) is 11.5. The number of rotatable bonds is 2. The van der Waals surface area contributed by atoms with Crippen molar-refractivity contribution in [2.75, 3.05) is 22.6 Å². The Balaban J connectivity index is 1.76. The molecule has 22 heavy (non-hydrogen) atoms. The van der Waals surface area contributed by atoms with Crippen LogP contribution in [0.4, 0.5) is 21.9 Å². The fraction of sp³-hybridized carbons (Fsp3) is 0.0667. The lowest BCUT2D eigenvalue weighted by atomic mass is 10.2. The predicted octanol–water partition coefficient (Wildman–Crippen LogP) is 3.31. The minimum atomic E-state index is -0.449. The van der Waals surface area contributed by atoms with Gasteiger partial charge in [0, 0.05) is 10.7 Å². The molecule has 3 N–H and O–H groups in total. The van der Waals surface area contributed by atoms with Gasteiger partial charge in [-0.15, -0.1) is 0 Å². The van der Waals surface area contributed by atoms with Crippen molar-refractivity contribution in [2.45, 2.75) is 0 Å². The predicted molar refractivity (Wildman–Crippen MR) is 84.7 cm³/mol. The molecule has 7 heteroatoms. The van der Waals surface area contributed by atoms with Gasteiger partial charge < -0.3 is 20.7 Å². The van der Waals surface area contributed by atoms with Crippen LogP contribution in [-0.4, -0.2) is 18.5 Å². The number of hydrogen-bond donors (Lipinski definition) is 3. The van der Waals surface area contributed by atoms with Gasteiger partial charge in [0.25, 0.3) is 5.91 Å². The molecule has 112 valence electrons. The van der Waals surface area contributed by atoms with Crippen LogP contribution in [0.3, 0.4) is 0 Å². The fourth-order valence-corrected chi connectivity index (χ4v) is 2.24. The molecule has 0 atom stereocenters. The van der Waals surface area contributed by atoms with Crippen LogP contribution in [0.25, 0.3) is 0 Å². The van der Waals surface area contributed by atoms with Gasteiger partial charge in [0.2, 0.25) is 0 Å². The number of benzene rings is 2. The van der Waals surface area contributed by atoms with E-state index in [9.17, 15) is 9.59 Å². The largest absolute Gasteiger partial charge is 0.481 e. The lowest BCUT2D eigenvalue weighted by molar-refractivity contribution is -0.118. The van der Waals surface area contributed by atoms with Crippen LogP contribution in [0.15, 0.2) is 42.5 Å². The first-order valence-corrected chi connectivity index (χ1v) is 6.89. The van der Waals surface area contributed by atoms with E-state index < -0.39 is 6.03 Å². The number of nitrogens with one attached hydrogen (secondary N) is 3. The molecular weight excluding hydrogens is 306 g/mol. The second-order valence-electron chi connectivity index (χ2n) is 4.61. The minimum absolute atomic E-state index is 0.0365. The number of amides is 3. The van der Waals surface area contributed by atoms with E-state index >= 15 is 0 Å². The highest BCUT2D eigenvalue weighted by atomic mass is 35.5. The number of fused-ring (bicyclic) bond motifs is 1. The van der Waals surface area contributed by atoms with Crippen LogP contribution >= 0.6 is 11.6 Å². The van der Waals surface area contributed by atoms with Gasteiger partial charge in [-0.1, -0.05) is 23.7 Å². The summed E-state index contributed by atoms with van der Waals surface area (Å²) in [7, 11) is 0. The van der Waals surface area contributed by atoms with Crippen LogP contribution in [-0.2, 0) is 4.79 Å². The number of ether oxygens (including phenoxy) is 1. The number of urea groups is 1. The normalized spacial score (nSPS) is 12.7. The van der Waals surface area contributed by atoms with Crippen LogP contribution in [0.1, 0.15) is 0 Å². The highest BCUT2D eigenvalue weighted by Crippen LogP contribution is 2.34. The molecule has 0 spiro atoms. The molecule has 1 heterocycles. The third kappa shape index (κ3) is 3.12. The van der Waals surface area contributed by atoms with E-state index in [1.165, 1.54) is 0 Å². The van der Waals surface area contributed by atoms with E-state index in [0.717, 1.165) is 0 Å². The Bertz CT molecular complexity index is 749. The van der Waals surface area contributed by atoms with Crippen LogP contribution in [0.5, 0.6) is 5.75 Å². The van der Waals surface area contributed by atoms with Crippen molar-refractivity contribution in [1.82, 2.24) is 0 Å². The van der Waals surface area contributed by atoms with Crippen LogP contribution < -0.4 is 20.7 Å². The van der Waals surface area contributed by atoms with Gasteiger partial charge in [-0.2, -0.15) is 0 Å². The molecule has 0 saturated carbocycles. The van der Waals surface area contributed by atoms with Crippen molar-refractivity contribution in [2.24, 2.45) is 0 Å². The number of para-hydroxylation sites is 1. The summed E-state index contributed by atoms with van der Waals surface area (Å²) >= 11 is 5.86. The Kier molecular flexibility index (Phi) is 3.84. The van der Waals surface area contributed by atoms with Gasteiger partial charge in [-0.3, -0.25) is 4.79 Å². The van der Waals surface area contributed by atoms with E-state index in [1.807, 2.05) is 0 Å². The van der Waals surface area contributed by atoms with Crippen molar-refractivity contribution >= 4 is 40.6 Å². The standard InChI is InChI=1S/C15H12ClN3O3/c16-9-3-1-4-10(7-9)17-15(21)18-11-5-2-6-12-14(11)19-13(20)8-22-12/h1-7H,8H2,(H,19,20)(H2,17,18,21). The topological polar surface area (TPSA) is 79.5 Å². The Labute approximate surface area is 131 Å². The third-order valence-electron chi connectivity index (χ3n) is 2.98. The van der Waals surface area contributed by atoms with Gasteiger partial charge in [-0.05, 0) is 30.3 Å². The lowest BCUT2D eigenvalue weighted by Gasteiger charge is -2.20. The van der Waals surface area contributed by atoms with Gasteiger partial charge in [0.15, 0.2) is 6.61 Å². The highest BCUT2D eigenvalue weighted by molar-refractivity contribution is 6.30. The molecule has 0 saturated heterocycles. The van der Waals surface area contributed by atoms with E-state index in [1.54, 1.807) is 42.5 Å². The van der Waals surface area contributed by atoms with Crippen molar-refractivity contribution in [3.05, 3.63) is 47.5 Å². The molecule has 0 aliphatic carbocycles. The number of anilines is 3. The zero-order valence-electron chi connectivity index (χ0n) is 11.4. The van der Waals surface area contributed by atoms with Gasteiger partial charge in [0.05, 0.1) is 5.69 Å². The molecule has 0 fully saturated rings. The maximum atomic E-state index is 12.0. The lowest BCUT2D eigenvalue weighted by Crippen LogP contribution is -2.27. The van der Waals surface area contributed by atoms with E-state index in [-0.39, 0.29) is 12.5 Å². The molecule has 0 bridgehead atoms. The summed E-state index contributed by atoms with van der Waals surface area (Å²) in [4.78, 5) is 23.5. The zero-order chi connectivity index (χ0) is 15.5. The summed E-state index contributed by atoms with van der Waals surface area (Å²) < 4.78 is 5.29. The Morgan fingerprint density at radius 3 is 2.82 bits per heavy atom. The molecule has 0 radical (unpaired) electrons. The van der Waals surface area contributed by atoms with Gasteiger partial charge >= 0.3 is 6.03 Å². The van der Waals surface area contributed by atoms with E-state index in [0.29, 0.717) is 27.8 Å². The number of hydrogen-bond acceptors (Lipinski definition) is 3. The molecule has 2 aromatic rings. The SMILES string of the molecule is O=C1COc2cccc(NC(=O)Nc3cccc(Cl)c3)c2N1. The summed E-state index contributed by atoms with van der Waals surface area (Å²) in [5, 5.41) is 8.53. The zero-order valence-corrected chi connectivity index (χ0v) is 12.1. The molecule has 2 aromatic carbocycles. The highest BCUT2D eigenvalue weighted by Gasteiger charge is 2.19. The first kappa shape index (κ1) is 14.2. The summed E-state index contributed by atoms with van der Waals surface area (Å²) in [6.45, 7) is -0.0365. The minimum Gasteiger partial charge on any atom is -0.481 e. The number of carbonyl (C=O) groups excluding carboxylic acids is 2. The van der Waals surface area contributed by atoms with Crippen molar-refractivity contribution in [3.8, 4) is 5.75 Å². The van der Waals surface area contributed by atoms with Gasteiger partial charge in [0.1, 0.15) is 11.4 Å². The monoisotopic (exact) mass is 317 g/mol. The smallest absolute Gasteiger partial charge is 0.323 e. The van der Waals surface area contributed by atoms with Crippen molar-refractivity contribution < 1.29 is 14.3 Å². The molecule has 0 aromatic heterocycles. The summed E-state index contributed by atoms with van der Waals surface area (Å²) in [5.74, 6) is 0.247. The molecule has 3 amide bonds. The average molecular weight is 318 g/mol. The van der Waals surface area contributed by atoms with Crippen LogP contribution in [0, 0.1) is 0 Å². The molecular formula is C15H12ClN3O3. The van der Waals surface area contributed by atoms with Crippen LogP contribution in [0.2, 0.25) is 5.02 Å². The molecule has 1 aliphatic rings. The quantitative estimate of drug-likeness (QED) is 0.795. The molecule has 0 unspecified atom stereocenters. The Hall–Kier alpha value is -2.73. The summed E-state index contributed by atoms with van der Waals surface area (Å²) in [6.07, 6.45) is 0. The molecule has 3 rings (SSSR count). The summed E-state index contributed by atoms with van der Waals surface area (Å²) in [5.41, 5.74) is 1.46. The van der Waals surface area contributed by atoms with E-state index in [4.69, 9.17) is 16.3 Å².